The molecule has 0 unspecified atom stereocenters. The maximum atomic E-state index is 4.24. The second-order valence-corrected chi connectivity index (χ2v) is 6.00. The van der Waals surface area contributed by atoms with Crippen molar-refractivity contribution in [1.82, 2.24) is 19.8 Å². The molecule has 1 fully saturated rings. The van der Waals surface area contributed by atoms with Crippen LogP contribution in [0, 0.1) is 0 Å². The summed E-state index contributed by atoms with van der Waals surface area (Å²) in [6, 6.07) is 0. The summed E-state index contributed by atoms with van der Waals surface area (Å²) in [5, 5.41) is 3.89. The van der Waals surface area contributed by atoms with Crippen LogP contribution in [0.1, 0.15) is 38.5 Å². The molecule has 0 aromatic rings. The molecule has 6 heteroatoms. The molecule has 0 atom stereocenters. The normalized spacial score (nSPS) is 15.6. The minimum atomic E-state index is 0.866. The second kappa shape index (κ2) is 11.2. The lowest BCUT2D eigenvalue weighted by atomic mass is 10.0. The summed E-state index contributed by atoms with van der Waals surface area (Å²) in [7, 11) is 15.3. The Morgan fingerprint density at radius 1 is 0.545 bits per heavy atom. The van der Waals surface area contributed by atoms with E-state index in [1.807, 2.05) is 62.1 Å². The van der Waals surface area contributed by atoms with Crippen molar-refractivity contribution in [2.45, 2.75) is 38.5 Å². The largest absolute Gasteiger partial charge is 0.348 e. The van der Waals surface area contributed by atoms with Crippen molar-refractivity contribution in [3.05, 3.63) is 0 Å². The van der Waals surface area contributed by atoms with Gasteiger partial charge in [-0.3, -0.25) is 20.0 Å². The van der Waals surface area contributed by atoms with Crippen LogP contribution in [0.15, 0.2) is 9.98 Å². The summed E-state index contributed by atoms with van der Waals surface area (Å²) in [6.45, 7) is 0. The summed E-state index contributed by atoms with van der Waals surface area (Å²) >= 11 is 0. The molecule has 0 aromatic heterocycles. The van der Waals surface area contributed by atoms with E-state index in [1.165, 1.54) is 38.5 Å². The van der Waals surface area contributed by atoms with Gasteiger partial charge in [-0.15, -0.1) is 0 Å². The monoisotopic (exact) mass is 312 g/mol. The first kappa shape index (κ1) is 20.5. The molecule has 6 nitrogen and oxygen atoms in total. The molecule has 1 aliphatic carbocycles. The summed E-state index contributed by atoms with van der Waals surface area (Å²) in [5.74, 6) is 1.73. The van der Waals surface area contributed by atoms with Gasteiger partial charge in [0.25, 0.3) is 0 Å². The predicted octanol–water partition coefficient (Wildman–Crippen LogP) is 2.20. The lowest BCUT2D eigenvalue weighted by Gasteiger charge is -2.37. The molecule has 0 aliphatic heterocycles. The Balaban J connectivity index is 0.000000604. The van der Waals surface area contributed by atoms with Gasteiger partial charge in [0.1, 0.15) is 0 Å². The van der Waals surface area contributed by atoms with Gasteiger partial charge in [-0.25, -0.2) is 0 Å². The van der Waals surface area contributed by atoms with E-state index in [1.54, 1.807) is 14.1 Å². The Hall–Kier alpha value is -1.46. The summed E-state index contributed by atoms with van der Waals surface area (Å²) < 4.78 is 0. The van der Waals surface area contributed by atoms with E-state index < -0.39 is 0 Å². The van der Waals surface area contributed by atoms with E-state index in [2.05, 4.69) is 9.98 Å². The van der Waals surface area contributed by atoms with E-state index in [-0.39, 0.29) is 0 Å². The van der Waals surface area contributed by atoms with Gasteiger partial charge < -0.3 is 9.80 Å². The number of hydrazine groups is 1. The average Bonchev–Trinajstić information content (AvgIpc) is 2.50. The molecular formula is C16H36N6. The summed E-state index contributed by atoms with van der Waals surface area (Å²) in [4.78, 5) is 12.4. The van der Waals surface area contributed by atoms with Crippen molar-refractivity contribution in [3.63, 3.8) is 0 Å². The molecular weight excluding hydrogens is 276 g/mol. The lowest BCUT2D eigenvalue weighted by molar-refractivity contribution is 0.165. The number of hydrogen-bond donors (Lipinski definition) is 0. The predicted molar refractivity (Wildman–Crippen MR) is 97.3 cm³/mol. The fourth-order valence-electron chi connectivity index (χ4n) is 2.60. The molecule has 0 aromatic carbocycles. The maximum absolute atomic E-state index is 4.24. The van der Waals surface area contributed by atoms with Gasteiger partial charge in [0.15, 0.2) is 0 Å². The van der Waals surface area contributed by atoms with E-state index in [0.29, 0.717) is 0 Å². The molecule has 22 heavy (non-hydrogen) atoms. The van der Waals surface area contributed by atoms with Crippen LogP contribution in [0.2, 0.25) is 0 Å². The average molecular weight is 313 g/mol. The van der Waals surface area contributed by atoms with Crippen LogP contribution in [0.3, 0.4) is 0 Å². The number of aliphatic imine (C=N–C) groups is 2. The molecule has 0 bridgehead atoms. The van der Waals surface area contributed by atoms with Gasteiger partial charge in [-0.2, -0.15) is 0 Å². The molecule has 130 valence electrons. The highest BCUT2D eigenvalue weighted by molar-refractivity contribution is 5.85. The Morgan fingerprint density at radius 3 is 0.909 bits per heavy atom. The van der Waals surface area contributed by atoms with Gasteiger partial charge in [0.05, 0.1) is 0 Å². The smallest absolute Gasteiger partial charge is 0.214 e. The standard InChI is InChI=1S/C10H24N6.C6H12/c1-11-9(13(3)4)15(7)16(8)10(12-2)14(5)6;1-2-4-6-5-3-1/h1-8H3;1-6H2/b11-9+,12-10+;. The molecule has 0 amide bonds. The van der Waals surface area contributed by atoms with Crippen molar-refractivity contribution in [1.29, 1.82) is 0 Å². The Labute approximate surface area is 137 Å². The van der Waals surface area contributed by atoms with Crippen molar-refractivity contribution in [3.8, 4) is 0 Å². The quantitative estimate of drug-likeness (QED) is 0.390. The van der Waals surface area contributed by atoms with Crippen LogP contribution in [-0.4, -0.2) is 88.1 Å². The Bertz CT molecular complexity index is 305. The van der Waals surface area contributed by atoms with E-state index >= 15 is 0 Å². The zero-order chi connectivity index (χ0) is 17.1. The highest BCUT2D eigenvalue weighted by Crippen LogP contribution is 2.15. The first-order valence-corrected chi connectivity index (χ1v) is 8.12. The van der Waals surface area contributed by atoms with Gasteiger partial charge in [0.2, 0.25) is 11.9 Å². The third-order valence-electron chi connectivity index (χ3n) is 3.73. The zero-order valence-corrected chi connectivity index (χ0v) is 15.9. The van der Waals surface area contributed by atoms with Gasteiger partial charge >= 0.3 is 0 Å². The van der Waals surface area contributed by atoms with Crippen LogP contribution < -0.4 is 0 Å². The molecule has 0 spiro atoms. The molecule has 0 radical (unpaired) electrons. The maximum Gasteiger partial charge on any atom is 0.214 e. The lowest BCUT2D eigenvalue weighted by Crippen LogP contribution is -2.53. The molecule has 1 rings (SSSR count). The molecule has 1 saturated carbocycles. The van der Waals surface area contributed by atoms with E-state index in [9.17, 15) is 0 Å². The molecule has 1 aliphatic rings. The number of rotatable bonds is 0. The van der Waals surface area contributed by atoms with Crippen molar-refractivity contribution >= 4 is 11.9 Å². The first-order chi connectivity index (χ1) is 10.4. The van der Waals surface area contributed by atoms with Crippen LogP contribution >= 0.6 is 0 Å². The first-order valence-electron chi connectivity index (χ1n) is 8.12. The summed E-state index contributed by atoms with van der Waals surface area (Å²) in [5.41, 5.74) is 0. The van der Waals surface area contributed by atoms with Crippen molar-refractivity contribution < 1.29 is 0 Å². The molecule has 0 saturated heterocycles. The fraction of sp³-hybridized carbons (Fsp3) is 0.875. The zero-order valence-electron chi connectivity index (χ0n) is 15.9. The van der Waals surface area contributed by atoms with Crippen LogP contribution in [-0.2, 0) is 0 Å². The fourth-order valence-corrected chi connectivity index (χ4v) is 2.60. The van der Waals surface area contributed by atoms with Crippen LogP contribution in [0.4, 0.5) is 0 Å². The van der Waals surface area contributed by atoms with E-state index in [0.717, 1.165) is 11.9 Å². The minimum Gasteiger partial charge on any atom is -0.348 e. The second-order valence-electron chi connectivity index (χ2n) is 6.00. The van der Waals surface area contributed by atoms with Gasteiger partial charge in [-0.05, 0) is 0 Å². The third kappa shape index (κ3) is 7.00. The molecule has 0 heterocycles. The number of nitrogens with zero attached hydrogens (tertiary/aromatic N) is 6. The topological polar surface area (TPSA) is 37.7 Å². The van der Waals surface area contributed by atoms with E-state index in [4.69, 9.17) is 0 Å². The number of guanidine groups is 2. The third-order valence-corrected chi connectivity index (χ3v) is 3.73. The Morgan fingerprint density at radius 2 is 0.773 bits per heavy atom. The minimum absolute atomic E-state index is 0.866. The van der Waals surface area contributed by atoms with Crippen molar-refractivity contribution in [2.24, 2.45) is 9.98 Å². The number of hydrogen-bond acceptors (Lipinski definition) is 2. The Kier molecular flexibility index (Phi) is 10.4. The highest BCUT2D eigenvalue weighted by Gasteiger charge is 2.17. The van der Waals surface area contributed by atoms with Crippen LogP contribution in [0.25, 0.3) is 0 Å². The van der Waals surface area contributed by atoms with Gasteiger partial charge in [0, 0.05) is 56.4 Å². The van der Waals surface area contributed by atoms with Crippen LogP contribution in [0.5, 0.6) is 0 Å². The SMILES string of the molecule is C/N=C(\N(C)C)N(C)N(C)/C(=N/C)N(C)C.C1CCCCC1. The van der Waals surface area contributed by atoms with Gasteiger partial charge in [-0.1, -0.05) is 38.5 Å². The highest BCUT2D eigenvalue weighted by atomic mass is 15.7. The molecule has 0 N–H and O–H groups in total. The van der Waals surface area contributed by atoms with Crippen molar-refractivity contribution in [2.75, 3.05) is 56.4 Å². The summed E-state index contributed by atoms with van der Waals surface area (Å²) in [6.07, 6.45) is 9.00.